The van der Waals surface area contributed by atoms with Gasteiger partial charge < -0.3 is 10.6 Å². The van der Waals surface area contributed by atoms with E-state index in [-0.39, 0.29) is 28.7 Å². The van der Waals surface area contributed by atoms with Crippen LogP contribution in [0.5, 0.6) is 0 Å². The highest BCUT2D eigenvalue weighted by Crippen LogP contribution is 2.34. The number of rotatable bonds is 4. The summed E-state index contributed by atoms with van der Waals surface area (Å²) in [5.41, 5.74) is 2.24. The zero-order valence-corrected chi connectivity index (χ0v) is 17.2. The van der Waals surface area contributed by atoms with Crippen LogP contribution in [0.2, 0.25) is 5.02 Å². The normalized spacial score (nSPS) is 22.4. The van der Waals surface area contributed by atoms with Gasteiger partial charge in [-0.1, -0.05) is 41.6 Å². The minimum Gasteiger partial charge on any atom is -0.348 e. The third kappa shape index (κ3) is 4.51. The molecule has 28 heavy (non-hydrogen) atoms. The average Bonchev–Trinajstić information content (AvgIpc) is 3.13. The Labute approximate surface area is 172 Å². The molecule has 2 atom stereocenters. The highest BCUT2D eigenvalue weighted by molar-refractivity contribution is 8.15. The Morgan fingerprint density at radius 1 is 1.18 bits per heavy atom. The number of sulfone groups is 1. The molecule has 0 aliphatic carbocycles. The molecule has 4 rings (SSSR count). The first-order valence-corrected chi connectivity index (χ1v) is 11.8. The Kier molecular flexibility index (Phi) is 5.35. The lowest BCUT2D eigenvalue weighted by Crippen LogP contribution is -2.22. The van der Waals surface area contributed by atoms with E-state index in [1.54, 1.807) is 30.3 Å². The van der Waals surface area contributed by atoms with Gasteiger partial charge in [0.15, 0.2) is 15.0 Å². The molecule has 0 bridgehead atoms. The van der Waals surface area contributed by atoms with E-state index >= 15 is 0 Å². The fraction of sp³-hybridized carbons (Fsp3) is 0.263. The zero-order valence-electron chi connectivity index (χ0n) is 14.8. The molecule has 1 saturated heterocycles. The lowest BCUT2D eigenvalue weighted by atomic mass is 10.1. The number of fused-ring (bicyclic) bond motifs is 1. The second-order valence-corrected chi connectivity index (χ2v) is 10.6. The molecule has 2 aliphatic heterocycles. The molecule has 2 N–H and O–H groups in total. The van der Waals surface area contributed by atoms with Gasteiger partial charge in [0.2, 0.25) is 0 Å². The molecular weight excluding hydrogens is 418 g/mol. The van der Waals surface area contributed by atoms with Crippen LogP contribution in [0.1, 0.15) is 15.9 Å². The summed E-state index contributed by atoms with van der Waals surface area (Å²) in [5, 5.41) is 7.42. The fourth-order valence-corrected chi connectivity index (χ4v) is 6.97. The van der Waals surface area contributed by atoms with Crippen molar-refractivity contribution in [2.45, 2.75) is 17.8 Å². The van der Waals surface area contributed by atoms with Gasteiger partial charge in [-0.2, -0.15) is 0 Å². The number of carbonyl (C=O) groups excluding carboxylic acids is 1. The lowest BCUT2D eigenvalue weighted by molar-refractivity contribution is 0.0951. The number of thioether (sulfide) groups is 1. The molecule has 0 unspecified atom stereocenters. The van der Waals surface area contributed by atoms with Crippen LogP contribution in [0.15, 0.2) is 53.5 Å². The van der Waals surface area contributed by atoms with Crippen molar-refractivity contribution in [3.8, 4) is 0 Å². The first kappa shape index (κ1) is 19.3. The number of amidine groups is 1. The Morgan fingerprint density at radius 3 is 2.71 bits per heavy atom. The lowest BCUT2D eigenvalue weighted by Gasteiger charge is -2.09. The summed E-state index contributed by atoms with van der Waals surface area (Å²) in [5.74, 6) is 0.107. The summed E-state index contributed by atoms with van der Waals surface area (Å²) in [4.78, 5) is 16.9. The predicted octanol–water partition coefficient (Wildman–Crippen LogP) is 2.95. The smallest absolute Gasteiger partial charge is 0.251 e. The van der Waals surface area contributed by atoms with Crippen molar-refractivity contribution in [3.05, 3.63) is 64.7 Å². The summed E-state index contributed by atoms with van der Waals surface area (Å²) in [7, 11) is -2.97. The van der Waals surface area contributed by atoms with Crippen LogP contribution in [0, 0.1) is 0 Å². The summed E-state index contributed by atoms with van der Waals surface area (Å²) in [6.45, 7) is 0.411. The third-order valence-electron chi connectivity index (χ3n) is 4.56. The van der Waals surface area contributed by atoms with Crippen molar-refractivity contribution in [2.24, 2.45) is 4.99 Å². The first-order chi connectivity index (χ1) is 13.4. The Hall–Kier alpha value is -2.03. The van der Waals surface area contributed by atoms with Crippen LogP contribution >= 0.6 is 23.4 Å². The molecule has 6 nitrogen and oxygen atoms in total. The van der Waals surface area contributed by atoms with Gasteiger partial charge >= 0.3 is 0 Å². The highest BCUT2D eigenvalue weighted by atomic mass is 35.5. The number of benzene rings is 2. The van der Waals surface area contributed by atoms with Crippen molar-refractivity contribution < 1.29 is 13.2 Å². The van der Waals surface area contributed by atoms with Gasteiger partial charge in [0, 0.05) is 28.1 Å². The van der Waals surface area contributed by atoms with E-state index in [0.29, 0.717) is 22.3 Å². The van der Waals surface area contributed by atoms with Gasteiger partial charge in [-0.3, -0.25) is 9.79 Å². The Bertz CT molecular complexity index is 1040. The number of aliphatic imine (C=N–C) groups is 1. The zero-order chi connectivity index (χ0) is 19.7. The van der Waals surface area contributed by atoms with Crippen LogP contribution in [-0.4, -0.2) is 42.3 Å². The molecule has 2 heterocycles. The van der Waals surface area contributed by atoms with Gasteiger partial charge in [-0.25, -0.2) is 8.42 Å². The van der Waals surface area contributed by atoms with E-state index in [4.69, 9.17) is 11.6 Å². The van der Waals surface area contributed by atoms with Gasteiger partial charge in [0.25, 0.3) is 5.91 Å². The van der Waals surface area contributed by atoms with Crippen molar-refractivity contribution in [1.82, 2.24) is 5.32 Å². The fourth-order valence-electron chi connectivity index (χ4n) is 3.16. The summed E-state index contributed by atoms with van der Waals surface area (Å²) in [6, 6.07) is 14.3. The molecular formula is C19H18ClN3O3S2. The number of hydrogen-bond acceptors (Lipinski definition) is 6. The number of amides is 1. The maximum absolute atomic E-state index is 12.4. The first-order valence-electron chi connectivity index (χ1n) is 8.73. The molecule has 2 aliphatic rings. The van der Waals surface area contributed by atoms with Crippen molar-refractivity contribution in [3.63, 3.8) is 0 Å². The molecule has 0 aromatic heterocycles. The largest absolute Gasteiger partial charge is 0.348 e. The number of hydrogen-bond donors (Lipinski definition) is 2. The molecule has 2 aromatic rings. The van der Waals surface area contributed by atoms with Crippen LogP contribution < -0.4 is 10.6 Å². The molecule has 0 spiro atoms. The van der Waals surface area contributed by atoms with E-state index in [2.05, 4.69) is 15.6 Å². The molecule has 2 aromatic carbocycles. The van der Waals surface area contributed by atoms with E-state index in [1.807, 2.05) is 18.2 Å². The second-order valence-electron chi connectivity index (χ2n) is 6.75. The van der Waals surface area contributed by atoms with Gasteiger partial charge in [0.05, 0.1) is 17.5 Å². The van der Waals surface area contributed by atoms with Gasteiger partial charge in [-0.15, -0.1) is 0 Å². The second kappa shape index (κ2) is 7.77. The van der Waals surface area contributed by atoms with Gasteiger partial charge in [0.1, 0.15) is 0 Å². The topological polar surface area (TPSA) is 87.6 Å². The van der Waals surface area contributed by atoms with Crippen molar-refractivity contribution in [2.75, 3.05) is 16.8 Å². The van der Waals surface area contributed by atoms with E-state index in [9.17, 15) is 13.2 Å². The quantitative estimate of drug-likeness (QED) is 0.770. The molecule has 9 heteroatoms. The third-order valence-corrected chi connectivity index (χ3v) is 7.95. The van der Waals surface area contributed by atoms with E-state index in [0.717, 1.165) is 11.3 Å². The number of nitrogens with one attached hydrogen (secondary N) is 2. The molecule has 0 radical (unpaired) electrons. The molecule has 146 valence electrons. The minimum absolute atomic E-state index is 0.0154. The standard InChI is InChI=1S/C19H18ClN3O3S2/c20-14-6-4-12(5-7-14)9-21-18(24)13-2-1-3-15(8-13)22-19-23-16-10-28(25,26)11-17(16)27-19/h1-8,16-17H,9-11H2,(H,21,24)(H,22,23)/t16-,17-/m0/s1. The van der Waals surface area contributed by atoms with E-state index < -0.39 is 9.84 Å². The SMILES string of the molecule is O=C(NCc1ccc(Cl)cc1)c1cccc(NC2=N[C@H]3CS(=O)(=O)C[C@@H]3S2)c1. The number of halogens is 1. The number of nitrogens with zero attached hydrogens (tertiary/aromatic N) is 1. The number of anilines is 1. The summed E-state index contributed by atoms with van der Waals surface area (Å²) in [6.07, 6.45) is 0. The molecule has 1 amide bonds. The monoisotopic (exact) mass is 435 g/mol. The maximum Gasteiger partial charge on any atom is 0.251 e. The maximum atomic E-state index is 12.4. The molecule has 0 saturated carbocycles. The Morgan fingerprint density at radius 2 is 1.96 bits per heavy atom. The average molecular weight is 436 g/mol. The van der Waals surface area contributed by atoms with Crippen molar-refractivity contribution in [1.29, 1.82) is 0 Å². The minimum atomic E-state index is -2.97. The van der Waals surface area contributed by atoms with Gasteiger partial charge in [-0.05, 0) is 35.9 Å². The van der Waals surface area contributed by atoms with Crippen LogP contribution in [0.3, 0.4) is 0 Å². The summed E-state index contributed by atoms with van der Waals surface area (Å²) >= 11 is 7.32. The Balaban J connectivity index is 1.38. The van der Waals surface area contributed by atoms with E-state index in [1.165, 1.54) is 11.8 Å². The van der Waals surface area contributed by atoms with Crippen LogP contribution in [-0.2, 0) is 16.4 Å². The molecule has 1 fully saturated rings. The van der Waals surface area contributed by atoms with Crippen LogP contribution in [0.4, 0.5) is 5.69 Å². The van der Waals surface area contributed by atoms with Crippen LogP contribution in [0.25, 0.3) is 0 Å². The summed E-state index contributed by atoms with van der Waals surface area (Å²) < 4.78 is 23.3. The number of carbonyl (C=O) groups is 1. The highest BCUT2D eigenvalue weighted by Gasteiger charge is 2.42. The van der Waals surface area contributed by atoms with Crippen molar-refractivity contribution >= 4 is 50.0 Å². The predicted molar refractivity (Wildman–Crippen MR) is 114 cm³/mol.